The summed E-state index contributed by atoms with van der Waals surface area (Å²) in [5.41, 5.74) is 0.191. The summed E-state index contributed by atoms with van der Waals surface area (Å²) >= 11 is 1.32. The van der Waals surface area contributed by atoms with Gasteiger partial charge in [-0.2, -0.15) is 23.4 Å². The molecule has 0 bridgehead atoms. The molecule has 1 aliphatic heterocycles. The fourth-order valence-corrected chi connectivity index (χ4v) is 4.61. The molecule has 1 amide bonds. The second kappa shape index (κ2) is 7.49. The Hall–Kier alpha value is -3.21. The summed E-state index contributed by atoms with van der Waals surface area (Å²) in [6.07, 6.45) is -0.830. The molecule has 0 aliphatic carbocycles. The molecule has 0 aromatic carbocycles. The molecule has 0 spiro atoms. The van der Waals surface area contributed by atoms with Crippen LogP contribution in [0.25, 0.3) is 16.2 Å². The summed E-state index contributed by atoms with van der Waals surface area (Å²) < 4.78 is 42.3. The van der Waals surface area contributed by atoms with Crippen LogP contribution in [0.4, 0.5) is 13.2 Å². The summed E-state index contributed by atoms with van der Waals surface area (Å²) in [5.74, 6) is -0.248. The molecule has 0 saturated carbocycles. The maximum absolute atomic E-state index is 13.8. The minimum Gasteiger partial charge on any atom is -0.329 e. The lowest BCUT2D eigenvalue weighted by molar-refractivity contribution is -0.142. The lowest BCUT2D eigenvalue weighted by Crippen LogP contribution is -2.39. The molecule has 4 aromatic rings. The Labute approximate surface area is 178 Å². The first-order valence-electron chi connectivity index (χ1n) is 9.74. The molecule has 0 unspecified atom stereocenters. The predicted octanol–water partition coefficient (Wildman–Crippen LogP) is 4.57. The quantitative estimate of drug-likeness (QED) is 0.500. The standard InChI is InChI=1S/C20H17F3N6OS/c21-20(22,23)17-10-14(16-5-3-9-31-16)25-18-11-13(27-29(17)18)15-4-1-2-8-28(15)19(30)12-6-7-24-26-12/h3,5-7,9-11,15H,1-2,4,8H2,(H,24,26)/t15-/m0/s1. The average Bonchev–Trinajstić information content (AvgIpc) is 3.53. The number of rotatable bonds is 3. The monoisotopic (exact) mass is 446 g/mol. The SMILES string of the molecule is O=C(c1ccn[nH]1)N1CCCC[C@H]1c1cc2nc(-c3cccs3)cc(C(F)(F)F)n2n1. The van der Waals surface area contributed by atoms with Crippen LogP contribution in [0.15, 0.2) is 41.9 Å². The number of likely N-dealkylation sites (tertiary alicyclic amines) is 1. The Morgan fingerprint density at radius 3 is 2.81 bits per heavy atom. The Morgan fingerprint density at radius 2 is 2.10 bits per heavy atom. The van der Waals surface area contributed by atoms with E-state index in [1.54, 1.807) is 34.5 Å². The van der Waals surface area contributed by atoms with Crippen LogP contribution in [0.3, 0.4) is 0 Å². The van der Waals surface area contributed by atoms with Crippen molar-refractivity contribution >= 4 is 22.9 Å². The van der Waals surface area contributed by atoms with E-state index < -0.39 is 17.9 Å². The molecule has 5 heterocycles. The molecule has 1 atom stereocenters. The Kier molecular flexibility index (Phi) is 4.77. The zero-order valence-corrected chi connectivity index (χ0v) is 17.0. The molecular weight excluding hydrogens is 429 g/mol. The van der Waals surface area contributed by atoms with Crippen molar-refractivity contribution in [3.05, 3.63) is 59.0 Å². The lowest BCUT2D eigenvalue weighted by Gasteiger charge is -2.34. The van der Waals surface area contributed by atoms with E-state index in [0.29, 0.717) is 29.2 Å². The minimum absolute atomic E-state index is 0.104. The first kappa shape index (κ1) is 19.7. The Bertz CT molecular complexity index is 1220. The number of fused-ring (bicyclic) bond motifs is 1. The van der Waals surface area contributed by atoms with Crippen LogP contribution in [0.5, 0.6) is 0 Å². The highest BCUT2D eigenvalue weighted by atomic mass is 32.1. The molecule has 1 aliphatic rings. The molecule has 4 aromatic heterocycles. The van der Waals surface area contributed by atoms with Gasteiger partial charge < -0.3 is 4.90 Å². The van der Waals surface area contributed by atoms with E-state index in [-0.39, 0.29) is 17.2 Å². The zero-order chi connectivity index (χ0) is 21.6. The van der Waals surface area contributed by atoms with Crippen molar-refractivity contribution in [1.82, 2.24) is 29.7 Å². The third-order valence-electron chi connectivity index (χ3n) is 5.35. The summed E-state index contributed by atoms with van der Waals surface area (Å²) in [5, 5.41) is 12.5. The number of carbonyl (C=O) groups excluding carboxylic acids is 1. The number of nitrogens with one attached hydrogen (secondary N) is 1. The topological polar surface area (TPSA) is 79.2 Å². The van der Waals surface area contributed by atoms with E-state index in [9.17, 15) is 18.0 Å². The lowest BCUT2D eigenvalue weighted by atomic mass is 9.99. The molecule has 160 valence electrons. The second-order valence-electron chi connectivity index (χ2n) is 7.32. The second-order valence-corrected chi connectivity index (χ2v) is 8.27. The van der Waals surface area contributed by atoms with Crippen molar-refractivity contribution in [2.75, 3.05) is 6.54 Å². The number of aromatic amines is 1. The number of hydrogen-bond donors (Lipinski definition) is 1. The molecule has 1 N–H and O–H groups in total. The molecule has 31 heavy (non-hydrogen) atoms. The van der Waals surface area contributed by atoms with Gasteiger partial charge in [-0.05, 0) is 42.8 Å². The summed E-state index contributed by atoms with van der Waals surface area (Å²) in [6, 6.07) is 7.21. The van der Waals surface area contributed by atoms with Crippen molar-refractivity contribution in [2.45, 2.75) is 31.5 Å². The van der Waals surface area contributed by atoms with Gasteiger partial charge in [-0.25, -0.2) is 9.50 Å². The van der Waals surface area contributed by atoms with Crippen molar-refractivity contribution in [1.29, 1.82) is 0 Å². The normalized spacial score (nSPS) is 17.4. The number of alkyl halides is 3. The van der Waals surface area contributed by atoms with Crippen LogP contribution in [-0.4, -0.2) is 42.1 Å². The third-order valence-corrected chi connectivity index (χ3v) is 6.24. The van der Waals surface area contributed by atoms with Gasteiger partial charge in [0.15, 0.2) is 11.3 Å². The summed E-state index contributed by atoms with van der Waals surface area (Å²) in [6.45, 7) is 0.496. The van der Waals surface area contributed by atoms with Gasteiger partial charge in [0.1, 0.15) is 5.69 Å². The maximum Gasteiger partial charge on any atom is 0.433 e. The van der Waals surface area contributed by atoms with Crippen LogP contribution >= 0.6 is 11.3 Å². The van der Waals surface area contributed by atoms with Gasteiger partial charge in [0.2, 0.25) is 0 Å². The summed E-state index contributed by atoms with van der Waals surface area (Å²) in [7, 11) is 0. The van der Waals surface area contributed by atoms with Crippen LogP contribution in [-0.2, 0) is 6.18 Å². The number of halogens is 3. The van der Waals surface area contributed by atoms with E-state index in [2.05, 4.69) is 20.3 Å². The fraction of sp³-hybridized carbons (Fsp3) is 0.300. The van der Waals surface area contributed by atoms with Gasteiger partial charge in [-0.15, -0.1) is 11.3 Å². The first-order valence-corrected chi connectivity index (χ1v) is 10.6. The van der Waals surface area contributed by atoms with Gasteiger partial charge in [-0.3, -0.25) is 9.89 Å². The highest BCUT2D eigenvalue weighted by Gasteiger charge is 2.37. The molecule has 1 fully saturated rings. The largest absolute Gasteiger partial charge is 0.433 e. The van der Waals surface area contributed by atoms with E-state index in [1.165, 1.54) is 17.5 Å². The van der Waals surface area contributed by atoms with E-state index in [0.717, 1.165) is 23.4 Å². The fourth-order valence-electron chi connectivity index (χ4n) is 3.92. The van der Waals surface area contributed by atoms with Crippen LogP contribution in [0.1, 0.15) is 47.2 Å². The number of piperidine rings is 1. The van der Waals surface area contributed by atoms with Gasteiger partial charge in [-0.1, -0.05) is 6.07 Å². The Balaban J connectivity index is 1.60. The zero-order valence-electron chi connectivity index (χ0n) is 16.1. The van der Waals surface area contributed by atoms with Crippen molar-refractivity contribution < 1.29 is 18.0 Å². The third kappa shape index (κ3) is 3.58. The molecule has 5 rings (SSSR count). The maximum atomic E-state index is 13.8. The predicted molar refractivity (Wildman–Crippen MR) is 108 cm³/mol. The first-order chi connectivity index (χ1) is 14.9. The number of aromatic nitrogens is 5. The van der Waals surface area contributed by atoms with Gasteiger partial charge in [0, 0.05) is 18.8 Å². The number of nitrogens with zero attached hydrogens (tertiary/aromatic N) is 5. The number of H-pyrrole nitrogens is 1. The van der Waals surface area contributed by atoms with Gasteiger partial charge >= 0.3 is 6.18 Å². The van der Waals surface area contributed by atoms with E-state index in [4.69, 9.17) is 0 Å². The molecule has 11 heteroatoms. The summed E-state index contributed by atoms with van der Waals surface area (Å²) in [4.78, 5) is 19.6. The highest BCUT2D eigenvalue weighted by Crippen LogP contribution is 2.36. The number of amides is 1. The van der Waals surface area contributed by atoms with Gasteiger partial charge in [0.05, 0.1) is 22.3 Å². The number of thiophene rings is 1. The van der Waals surface area contributed by atoms with Crippen molar-refractivity contribution in [3.8, 4) is 10.6 Å². The highest BCUT2D eigenvalue weighted by molar-refractivity contribution is 7.13. The number of carbonyl (C=O) groups is 1. The molecule has 1 saturated heterocycles. The molecule has 7 nitrogen and oxygen atoms in total. The van der Waals surface area contributed by atoms with Gasteiger partial charge in [0.25, 0.3) is 5.91 Å². The van der Waals surface area contributed by atoms with Crippen molar-refractivity contribution in [3.63, 3.8) is 0 Å². The average molecular weight is 446 g/mol. The smallest absolute Gasteiger partial charge is 0.329 e. The minimum atomic E-state index is -4.60. The molecule has 0 radical (unpaired) electrons. The van der Waals surface area contributed by atoms with E-state index in [1.807, 2.05) is 0 Å². The Morgan fingerprint density at radius 1 is 1.23 bits per heavy atom. The van der Waals surface area contributed by atoms with E-state index >= 15 is 0 Å². The van der Waals surface area contributed by atoms with Crippen LogP contribution in [0, 0.1) is 0 Å². The molecular formula is C20H17F3N6OS. The van der Waals surface area contributed by atoms with Crippen LogP contribution < -0.4 is 0 Å². The number of hydrogen-bond acceptors (Lipinski definition) is 5. The van der Waals surface area contributed by atoms with Crippen LogP contribution in [0.2, 0.25) is 0 Å². The van der Waals surface area contributed by atoms with Crippen molar-refractivity contribution in [2.24, 2.45) is 0 Å².